The fourth-order valence-corrected chi connectivity index (χ4v) is 0.664. The van der Waals surface area contributed by atoms with Crippen molar-refractivity contribution in [3.05, 3.63) is 12.2 Å². The van der Waals surface area contributed by atoms with Crippen LogP contribution in [0.2, 0.25) is 0 Å². The Morgan fingerprint density at radius 3 is 1.64 bits per heavy atom. The van der Waals surface area contributed by atoms with Crippen molar-refractivity contribution in [3.63, 3.8) is 0 Å². The van der Waals surface area contributed by atoms with E-state index in [9.17, 15) is 14.4 Å². The van der Waals surface area contributed by atoms with Gasteiger partial charge in [0.05, 0.1) is 0 Å². The SMILES string of the molecule is C=C(C)C(=O)OC(C)(C(C)=O)C(C)=O. The summed E-state index contributed by atoms with van der Waals surface area (Å²) in [5.74, 6) is -1.74. The summed E-state index contributed by atoms with van der Waals surface area (Å²) in [6.45, 7) is 8.49. The molecule has 0 rings (SSSR count). The Labute approximate surface area is 82.9 Å². The molecule has 4 nitrogen and oxygen atoms in total. The first kappa shape index (κ1) is 12.6. The Morgan fingerprint density at radius 2 is 1.43 bits per heavy atom. The second kappa shape index (κ2) is 4.17. The van der Waals surface area contributed by atoms with Gasteiger partial charge in [-0.3, -0.25) is 9.59 Å². The molecule has 0 fully saturated rings. The van der Waals surface area contributed by atoms with Gasteiger partial charge in [-0.1, -0.05) is 6.58 Å². The van der Waals surface area contributed by atoms with Crippen LogP contribution in [-0.4, -0.2) is 23.1 Å². The van der Waals surface area contributed by atoms with Crippen LogP contribution in [-0.2, 0) is 19.1 Å². The topological polar surface area (TPSA) is 60.4 Å². The second-order valence-electron chi connectivity index (χ2n) is 3.32. The summed E-state index contributed by atoms with van der Waals surface area (Å²) >= 11 is 0. The minimum Gasteiger partial charge on any atom is -0.440 e. The maximum atomic E-state index is 11.1. The molecule has 0 aliphatic rings. The van der Waals surface area contributed by atoms with E-state index in [-0.39, 0.29) is 5.57 Å². The third-order valence-electron chi connectivity index (χ3n) is 1.99. The second-order valence-corrected chi connectivity index (χ2v) is 3.32. The molecule has 0 N–H and O–H groups in total. The Bertz CT molecular complexity index is 287. The molecule has 0 aliphatic heterocycles. The van der Waals surface area contributed by atoms with Crippen molar-refractivity contribution in [2.75, 3.05) is 0 Å². The van der Waals surface area contributed by atoms with Gasteiger partial charge < -0.3 is 4.74 Å². The third-order valence-corrected chi connectivity index (χ3v) is 1.99. The van der Waals surface area contributed by atoms with Crippen LogP contribution in [0.4, 0.5) is 0 Å². The fraction of sp³-hybridized carbons (Fsp3) is 0.500. The summed E-state index contributed by atoms with van der Waals surface area (Å²) in [6.07, 6.45) is 0. The molecule has 0 amide bonds. The van der Waals surface area contributed by atoms with Gasteiger partial charge in [0.15, 0.2) is 11.6 Å². The number of hydrogen-bond donors (Lipinski definition) is 0. The predicted octanol–water partition coefficient (Wildman–Crippen LogP) is 1.04. The Kier molecular flexibility index (Phi) is 3.74. The number of Topliss-reactive ketones (excluding diaryl/α,β-unsaturated/α-hetero) is 2. The summed E-state index contributed by atoms with van der Waals surface area (Å²) in [7, 11) is 0. The summed E-state index contributed by atoms with van der Waals surface area (Å²) in [4.78, 5) is 33.4. The molecular weight excluding hydrogens is 184 g/mol. The fourth-order valence-electron chi connectivity index (χ4n) is 0.664. The monoisotopic (exact) mass is 198 g/mol. The zero-order valence-corrected chi connectivity index (χ0v) is 8.84. The van der Waals surface area contributed by atoms with Crippen LogP contribution in [0, 0.1) is 0 Å². The van der Waals surface area contributed by atoms with E-state index in [4.69, 9.17) is 4.74 Å². The number of carbonyl (C=O) groups is 3. The van der Waals surface area contributed by atoms with Crippen LogP contribution in [0.15, 0.2) is 12.2 Å². The highest BCUT2D eigenvalue weighted by molar-refractivity contribution is 6.10. The van der Waals surface area contributed by atoms with Gasteiger partial charge in [0.25, 0.3) is 0 Å². The van der Waals surface area contributed by atoms with Crippen molar-refractivity contribution in [2.45, 2.75) is 33.3 Å². The molecule has 0 aliphatic carbocycles. The van der Waals surface area contributed by atoms with Gasteiger partial charge in [-0.05, 0) is 27.7 Å². The highest BCUT2D eigenvalue weighted by Gasteiger charge is 2.39. The molecule has 78 valence electrons. The lowest BCUT2D eigenvalue weighted by Gasteiger charge is -2.23. The van der Waals surface area contributed by atoms with Crippen LogP contribution < -0.4 is 0 Å². The molecule has 0 aromatic rings. The zero-order chi connectivity index (χ0) is 11.5. The average Bonchev–Trinajstić information content (AvgIpc) is 2.02. The lowest BCUT2D eigenvalue weighted by molar-refractivity contribution is -0.167. The largest absolute Gasteiger partial charge is 0.440 e. The number of esters is 1. The van der Waals surface area contributed by atoms with Crippen LogP contribution in [0.5, 0.6) is 0 Å². The van der Waals surface area contributed by atoms with Crippen LogP contribution in [0.25, 0.3) is 0 Å². The summed E-state index contributed by atoms with van der Waals surface area (Å²) < 4.78 is 4.78. The number of ether oxygens (including phenoxy) is 1. The number of carbonyl (C=O) groups excluding carboxylic acids is 3. The Hall–Kier alpha value is -1.45. The van der Waals surface area contributed by atoms with Crippen molar-refractivity contribution in [1.82, 2.24) is 0 Å². The Balaban J connectivity index is 4.89. The molecule has 0 spiro atoms. The van der Waals surface area contributed by atoms with Gasteiger partial charge in [0.2, 0.25) is 5.60 Å². The molecular formula is C10H14O4. The molecule has 0 unspecified atom stereocenters. The molecule has 0 atom stereocenters. The first-order chi connectivity index (χ1) is 6.21. The molecule has 0 radical (unpaired) electrons. The highest BCUT2D eigenvalue weighted by atomic mass is 16.6. The average molecular weight is 198 g/mol. The van der Waals surface area contributed by atoms with Gasteiger partial charge >= 0.3 is 5.97 Å². The smallest absolute Gasteiger partial charge is 0.334 e. The lowest BCUT2D eigenvalue weighted by Crippen LogP contribution is -2.45. The first-order valence-corrected chi connectivity index (χ1v) is 4.12. The molecule has 0 saturated carbocycles. The molecule has 0 heterocycles. The van der Waals surface area contributed by atoms with Crippen molar-refractivity contribution in [2.24, 2.45) is 0 Å². The number of ketones is 2. The number of rotatable bonds is 4. The van der Waals surface area contributed by atoms with E-state index in [1.807, 2.05) is 0 Å². The van der Waals surface area contributed by atoms with Crippen LogP contribution in [0.1, 0.15) is 27.7 Å². The van der Waals surface area contributed by atoms with E-state index >= 15 is 0 Å². The van der Waals surface area contributed by atoms with E-state index in [0.29, 0.717) is 0 Å². The summed E-state index contributed by atoms with van der Waals surface area (Å²) in [5.41, 5.74) is -1.53. The van der Waals surface area contributed by atoms with E-state index in [1.165, 1.54) is 27.7 Å². The normalized spacial score (nSPS) is 10.6. The third kappa shape index (κ3) is 2.52. The van der Waals surface area contributed by atoms with Crippen molar-refractivity contribution < 1.29 is 19.1 Å². The minimum absolute atomic E-state index is 0.152. The van der Waals surface area contributed by atoms with Gasteiger partial charge in [-0.2, -0.15) is 0 Å². The highest BCUT2D eigenvalue weighted by Crippen LogP contribution is 2.15. The van der Waals surface area contributed by atoms with E-state index < -0.39 is 23.1 Å². The molecule has 14 heavy (non-hydrogen) atoms. The van der Waals surface area contributed by atoms with Gasteiger partial charge in [-0.25, -0.2) is 4.79 Å². The standard InChI is InChI=1S/C10H14O4/c1-6(2)9(13)14-10(5,7(3)11)8(4)12/h1H2,2-5H3. The predicted molar refractivity (Wildman–Crippen MR) is 50.7 cm³/mol. The minimum atomic E-state index is -1.68. The van der Waals surface area contributed by atoms with Crippen molar-refractivity contribution in [3.8, 4) is 0 Å². The molecule has 0 bridgehead atoms. The van der Waals surface area contributed by atoms with Gasteiger partial charge in [-0.15, -0.1) is 0 Å². The van der Waals surface area contributed by atoms with Crippen LogP contribution >= 0.6 is 0 Å². The van der Waals surface area contributed by atoms with Crippen molar-refractivity contribution >= 4 is 17.5 Å². The van der Waals surface area contributed by atoms with E-state index in [2.05, 4.69) is 6.58 Å². The lowest BCUT2D eigenvalue weighted by atomic mass is 9.97. The molecule has 4 heteroatoms. The molecule has 0 saturated heterocycles. The van der Waals surface area contributed by atoms with Gasteiger partial charge in [0, 0.05) is 5.57 Å². The summed E-state index contributed by atoms with van der Waals surface area (Å²) in [5, 5.41) is 0. The van der Waals surface area contributed by atoms with E-state index in [0.717, 1.165) is 0 Å². The van der Waals surface area contributed by atoms with E-state index in [1.54, 1.807) is 0 Å². The number of hydrogen-bond acceptors (Lipinski definition) is 4. The maximum Gasteiger partial charge on any atom is 0.334 e. The zero-order valence-electron chi connectivity index (χ0n) is 8.84. The molecule has 0 aromatic heterocycles. The first-order valence-electron chi connectivity index (χ1n) is 4.12. The maximum absolute atomic E-state index is 11.1. The van der Waals surface area contributed by atoms with Gasteiger partial charge in [0.1, 0.15) is 0 Å². The summed E-state index contributed by atoms with van der Waals surface area (Å²) in [6, 6.07) is 0. The Morgan fingerprint density at radius 1 is 1.07 bits per heavy atom. The molecule has 0 aromatic carbocycles. The quantitative estimate of drug-likeness (QED) is 0.384. The van der Waals surface area contributed by atoms with Crippen LogP contribution in [0.3, 0.4) is 0 Å². The van der Waals surface area contributed by atoms with Crippen molar-refractivity contribution in [1.29, 1.82) is 0 Å².